The van der Waals surface area contributed by atoms with Gasteiger partial charge in [0, 0.05) is 23.6 Å². The van der Waals surface area contributed by atoms with Crippen molar-refractivity contribution >= 4 is 34.8 Å². The summed E-state index contributed by atoms with van der Waals surface area (Å²) in [5.74, 6) is -0.323. The summed E-state index contributed by atoms with van der Waals surface area (Å²) in [5.41, 5.74) is 1.24. The highest BCUT2D eigenvalue weighted by Crippen LogP contribution is 2.27. The Morgan fingerprint density at radius 1 is 1.22 bits per heavy atom. The van der Waals surface area contributed by atoms with Gasteiger partial charge in [0.25, 0.3) is 0 Å². The van der Waals surface area contributed by atoms with Crippen molar-refractivity contribution in [2.24, 2.45) is 0 Å². The van der Waals surface area contributed by atoms with Crippen LogP contribution in [0.2, 0.25) is 5.02 Å². The second-order valence-corrected chi connectivity index (χ2v) is 4.46. The van der Waals surface area contributed by atoms with Gasteiger partial charge in [-0.1, -0.05) is 29.8 Å². The van der Waals surface area contributed by atoms with E-state index in [1.165, 1.54) is 6.20 Å². The first kappa shape index (κ1) is 12.9. The van der Waals surface area contributed by atoms with Gasteiger partial charge in [-0.05, 0) is 18.2 Å². The summed E-state index contributed by atoms with van der Waals surface area (Å²) in [6, 6.07) is 10.7. The molecule has 2 aromatic rings. The second-order valence-electron chi connectivity index (χ2n) is 3.62. The Labute approximate surface area is 115 Å². The van der Waals surface area contributed by atoms with Crippen LogP contribution >= 0.6 is 23.2 Å². The zero-order chi connectivity index (χ0) is 13.0. The van der Waals surface area contributed by atoms with Crippen molar-refractivity contribution in [2.75, 3.05) is 5.32 Å². The van der Waals surface area contributed by atoms with Gasteiger partial charge in [-0.15, -0.1) is 11.6 Å². The maximum absolute atomic E-state index is 11.9. The number of hydrogen-bond donors (Lipinski definition) is 1. The Bertz CT molecular complexity index is 546. The van der Waals surface area contributed by atoms with Crippen molar-refractivity contribution in [1.29, 1.82) is 0 Å². The second kappa shape index (κ2) is 5.85. The van der Waals surface area contributed by atoms with E-state index in [0.717, 1.165) is 0 Å². The Hall–Kier alpha value is -1.58. The molecular weight excluding hydrogens is 271 g/mol. The molecule has 1 atom stereocenters. The van der Waals surface area contributed by atoms with Crippen molar-refractivity contribution in [3.63, 3.8) is 0 Å². The number of anilines is 1. The summed E-state index contributed by atoms with van der Waals surface area (Å²) in [4.78, 5) is 15.8. The lowest BCUT2D eigenvalue weighted by molar-refractivity contribution is -0.116. The van der Waals surface area contributed by atoms with Gasteiger partial charge in [0.1, 0.15) is 5.38 Å². The number of carbonyl (C=O) groups excluding carboxylic acids is 1. The van der Waals surface area contributed by atoms with Gasteiger partial charge in [0.15, 0.2) is 0 Å². The first-order valence-electron chi connectivity index (χ1n) is 5.28. The Kier molecular flexibility index (Phi) is 4.18. The van der Waals surface area contributed by atoms with Crippen LogP contribution < -0.4 is 5.32 Å². The summed E-state index contributed by atoms with van der Waals surface area (Å²) in [6.45, 7) is 0. The van der Waals surface area contributed by atoms with Crippen LogP contribution in [-0.4, -0.2) is 10.9 Å². The predicted octanol–water partition coefficient (Wildman–Crippen LogP) is 3.65. The Morgan fingerprint density at radius 3 is 2.61 bits per heavy atom. The molecule has 1 amide bonds. The molecule has 5 heteroatoms. The molecule has 18 heavy (non-hydrogen) atoms. The molecule has 92 valence electrons. The number of halogens is 2. The van der Waals surface area contributed by atoms with Crippen LogP contribution in [0.25, 0.3) is 0 Å². The van der Waals surface area contributed by atoms with E-state index >= 15 is 0 Å². The number of amides is 1. The molecule has 0 radical (unpaired) electrons. The lowest BCUT2D eigenvalue weighted by atomic mass is 10.2. The summed E-state index contributed by atoms with van der Waals surface area (Å²) in [7, 11) is 0. The van der Waals surface area contributed by atoms with Crippen molar-refractivity contribution in [1.82, 2.24) is 4.98 Å². The minimum atomic E-state index is -0.847. The van der Waals surface area contributed by atoms with E-state index in [1.54, 1.807) is 24.4 Å². The molecule has 0 saturated carbocycles. The summed E-state index contributed by atoms with van der Waals surface area (Å²) in [5, 5.41) is 2.25. The zero-order valence-electron chi connectivity index (χ0n) is 9.31. The van der Waals surface area contributed by atoms with Gasteiger partial charge in [-0.2, -0.15) is 0 Å². The lowest BCUT2D eigenvalue weighted by Gasteiger charge is -2.11. The first-order valence-corrected chi connectivity index (χ1v) is 6.09. The third kappa shape index (κ3) is 3.00. The summed E-state index contributed by atoms with van der Waals surface area (Å²) >= 11 is 12.0. The number of para-hydroxylation sites is 1. The third-order valence-corrected chi connectivity index (χ3v) is 3.10. The van der Waals surface area contributed by atoms with Crippen LogP contribution in [0.15, 0.2) is 48.8 Å². The average molecular weight is 281 g/mol. The van der Waals surface area contributed by atoms with Gasteiger partial charge in [0.2, 0.25) is 5.91 Å². The number of alkyl halides is 1. The molecule has 0 aliphatic heterocycles. The standard InChI is InChI=1S/C13H10Cl2N2O/c14-11-8-16-7-6-10(11)12(15)13(18)17-9-4-2-1-3-5-9/h1-8,12H,(H,17,18). The van der Waals surface area contributed by atoms with Crippen molar-refractivity contribution < 1.29 is 4.79 Å². The zero-order valence-corrected chi connectivity index (χ0v) is 10.8. The number of benzene rings is 1. The van der Waals surface area contributed by atoms with Gasteiger partial charge >= 0.3 is 0 Å². The van der Waals surface area contributed by atoms with E-state index in [9.17, 15) is 4.79 Å². The normalized spacial score (nSPS) is 11.9. The monoisotopic (exact) mass is 280 g/mol. The number of hydrogen-bond acceptors (Lipinski definition) is 2. The third-order valence-electron chi connectivity index (χ3n) is 2.35. The van der Waals surface area contributed by atoms with Gasteiger partial charge in [0.05, 0.1) is 5.02 Å². The molecule has 2 rings (SSSR count). The molecule has 0 aliphatic carbocycles. The number of aromatic nitrogens is 1. The molecule has 3 nitrogen and oxygen atoms in total. The van der Waals surface area contributed by atoms with Gasteiger partial charge < -0.3 is 5.32 Å². The lowest BCUT2D eigenvalue weighted by Crippen LogP contribution is -2.17. The molecule has 0 spiro atoms. The first-order chi connectivity index (χ1) is 8.68. The van der Waals surface area contributed by atoms with E-state index in [4.69, 9.17) is 23.2 Å². The van der Waals surface area contributed by atoms with Crippen molar-refractivity contribution in [3.8, 4) is 0 Å². The Morgan fingerprint density at radius 2 is 1.94 bits per heavy atom. The average Bonchev–Trinajstić information content (AvgIpc) is 2.39. The molecule has 1 N–H and O–H groups in total. The number of nitrogens with zero attached hydrogens (tertiary/aromatic N) is 1. The topological polar surface area (TPSA) is 42.0 Å². The fourth-order valence-corrected chi connectivity index (χ4v) is 1.99. The van der Waals surface area contributed by atoms with Crippen molar-refractivity contribution in [2.45, 2.75) is 5.38 Å². The van der Waals surface area contributed by atoms with E-state index < -0.39 is 5.38 Å². The molecule has 1 aromatic carbocycles. The SMILES string of the molecule is O=C(Nc1ccccc1)C(Cl)c1ccncc1Cl. The Balaban J connectivity index is 2.13. The predicted molar refractivity (Wildman–Crippen MR) is 72.9 cm³/mol. The number of rotatable bonds is 3. The fraction of sp³-hybridized carbons (Fsp3) is 0.0769. The molecular formula is C13H10Cl2N2O. The van der Waals surface area contributed by atoms with E-state index in [0.29, 0.717) is 16.3 Å². The maximum atomic E-state index is 11.9. The molecule has 1 aromatic heterocycles. The van der Waals surface area contributed by atoms with Gasteiger partial charge in [-0.3, -0.25) is 9.78 Å². The highest BCUT2D eigenvalue weighted by molar-refractivity contribution is 6.36. The minimum absolute atomic E-state index is 0.323. The molecule has 0 saturated heterocycles. The molecule has 1 heterocycles. The van der Waals surface area contributed by atoms with E-state index in [2.05, 4.69) is 10.3 Å². The number of nitrogens with one attached hydrogen (secondary N) is 1. The minimum Gasteiger partial charge on any atom is -0.325 e. The van der Waals surface area contributed by atoms with Crippen LogP contribution in [0.3, 0.4) is 0 Å². The van der Waals surface area contributed by atoms with E-state index in [-0.39, 0.29) is 5.91 Å². The molecule has 0 bridgehead atoms. The highest BCUT2D eigenvalue weighted by Gasteiger charge is 2.20. The summed E-state index contributed by atoms with van der Waals surface area (Å²) < 4.78 is 0. The van der Waals surface area contributed by atoms with Crippen LogP contribution in [0.4, 0.5) is 5.69 Å². The molecule has 1 unspecified atom stereocenters. The smallest absolute Gasteiger partial charge is 0.247 e. The van der Waals surface area contributed by atoms with Crippen LogP contribution in [0.1, 0.15) is 10.9 Å². The number of carbonyl (C=O) groups is 1. The number of pyridine rings is 1. The van der Waals surface area contributed by atoms with Crippen molar-refractivity contribution in [3.05, 3.63) is 59.4 Å². The largest absolute Gasteiger partial charge is 0.325 e. The van der Waals surface area contributed by atoms with Crippen LogP contribution in [-0.2, 0) is 4.79 Å². The molecule has 0 aliphatic rings. The quantitative estimate of drug-likeness (QED) is 0.872. The highest BCUT2D eigenvalue weighted by atomic mass is 35.5. The van der Waals surface area contributed by atoms with E-state index in [1.807, 2.05) is 18.2 Å². The summed E-state index contributed by atoms with van der Waals surface area (Å²) in [6.07, 6.45) is 3.01. The fourth-order valence-electron chi connectivity index (χ4n) is 1.46. The van der Waals surface area contributed by atoms with Crippen LogP contribution in [0, 0.1) is 0 Å². The van der Waals surface area contributed by atoms with Gasteiger partial charge in [-0.25, -0.2) is 0 Å². The maximum Gasteiger partial charge on any atom is 0.247 e. The molecule has 0 fully saturated rings. The van der Waals surface area contributed by atoms with Crippen LogP contribution in [0.5, 0.6) is 0 Å².